The standard InChI is InChI=1S/C16H17FN4O/c1-10-4-3-5-11(2)15(10)20-16(22)21-19-9-12-6-7-13(18)8-14(12)17/h3-9H,18H2,1-2H3,(H2,20,21,22)/b19-9+. The number of benzene rings is 2. The summed E-state index contributed by atoms with van der Waals surface area (Å²) >= 11 is 0. The van der Waals surface area contributed by atoms with Crippen LogP contribution in [0.1, 0.15) is 16.7 Å². The molecule has 4 N–H and O–H groups in total. The number of rotatable bonds is 3. The van der Waals surface area contributed by atoms with E-state index in [1.54, 1.807) is 6.07 Å². The van der Waals surface area contributed by atoms with Gasteiger partial charge in [0.25, 0.3) is 0 Å². The molecule has 2 aromatic rings. The van der Waals surface area contributed by atoms with Crippen molar-refractivity contribution in [3.05, 3.63) is 58.9 Å². The molecule has 0 aliphatic carbocycles. The Morgan fingerprint density at radius 1 is 1.23 bits per heavy atom. The zero-order valence-electron chi connectivity index (χ0n) is 12.4. The normalized spacial score (nSPS) is 10.7. The number of nitrogens with two attached hydrogens (primary N) is 1. The molecule has 0 saturated carbocycles. The molecular weight excluding hydrogens is 283 g/mol. The van der Waals surface area contributed by atoms with Crippen LogP contribution in [0.3, 0.4) is 0 Å². The molecule has 0 aliphatic heterocycles. The molecule has 2 aromatic carbocycles. The minimum absolute atomic E-state index is 0.238. The summed E-state index contributed by atoms with van der Waals surface area (Å²) in [5, 5.41) is 6.43. The molecule has 5 nitrogen and oxygen atoms in total. The molecule has 2 rings (SSSR count). The summed E-state index contributed by atoms with van der Waals surface area (Å²) in [7, 11) is 0. The van der Waals surface area contributed by atoms with Gasteiger partial charge in [0.15, 0.2) is 0 Å². The number of anilines is 2. The Morgan fingerprint density at radius 2 is 1.91 bits per heavy atom. The predicted molar refractivity (Wildman–Crippen MR) is 86.5 cm³/mol. The molecule has 0 heterocycles. The Morgan fingerprint density at radius 3 is 2.55 bits per heavy atom. The van der Waals surface area contributed by atoms with E-state index < -0.39 is 11.8 Å². The van der Waals surface area contributed by atoms with Crippen molar-refractivity contribution in [2.24, 2.45) is 5.10 Å². The summed E-state index contributed by atoms with van der Waals surface area (Å²) in [5.41, 5.74) is 10.9. The Labute approximate surface area is 128 Å². The second-order valence-corrected chi connectivity index (χ2v) is 4.87. The van der Waals surface area contributed by atoms with Crippen molar-refractivity contribution in [1.29, 1.82) is 0 Å². The molecule has 0 saturated heterocycles. The van der Waals surface area contributed by atoms with Crippen molar-refractivity contribution >= 4 is 23.6 Å². The zero-order chi connectivity index (χ0) is 16.1. The molecule has 0 fully saturated rings. The number of nitrogens with zero attached hydrogens (tertiary/aromatic N) is 1. The Hall–Kier alpha value is -2.89. The molecular formula is C16H17FN4O. The Bertz CT molecular complexity index is 708. The number of hydrazone groups is 1. The molecule has 0 unspecified atom stereocenters. The summed E-state index contributed by atoms with van der Waals surface area (Å²) < 4.78 is 13.5. The molecule has 0 aromatic heterocycles. The second kappa shape index (κ2) is 6.71. The van der Waals surface area contributed by atoms with E-state index in [4.69, 9.17) is 5.73 Å². The fraction of sp³-hybridized carbons (Fsp3) is 0.125. The monoisotopic (exact) mass is 300 g/mol. The van der Waals surface area contributed by atoms with Crippen molar-refractivity contribution in [2.45, 2.75) is 13.8 Å². The number of amides is 2. The first-order chi connectivity index (χ1) is 10.5. The average Bonchev–Trinajstić information content (AvgIpc) is 2.45. The molecule has 0 spiro atoms. The quantitative estimate of drug-likeness (QED) is 0.462. The topological polar surface area (TPSA) is 79.5 Å². The van der Waals surface area contributed by atoms with Gasteiger partial charge in [0, 0.05) is 16.9 Å². The SMILES string of the molecule is Cc1cccc(C)c1NC(=O)N/N=C/c1ccc(N)cc1F. The third-order valence-corrected chi connectivity index (χ3v) is 3.11. The van der Waals surface area contributed by atoms with Gasteiger partial charge in [0.1, 0.15) is 5.82 Å². The van der Waals surface area contributed by atoms with Crippen LogP contribution in [0.2, 0.25) is 0 Å². The molecule has 114 valence electrons. The first kappa shape index (κ1) is 15.5. The number of urea groups is 1. The molecule has 0 atom stereocenters. The van der Waals surface area contributed by atoms with Gasteiger partial charge in [-0.25, -0.2) is 14.6 Å². The van der Waals surface area contributed by atoms with Crippen LogP contribution in [0.5, 0.6) is 0 Å². The minimum Gasteiger partial charge on any atom is -0.399 e. The van der Waals surface area contributed by atoms with Gasteiger partial charge >= 0.3 is 6.03 Å². The van der Waals surface area contributed by atoms with E-state index in [0.29, 0.717) is 5.69 Å². The van der Waals surface area contributed by atoms with Crippen LogP contribution in [0.25, 0.3) is 0 Å². The van der Waals surface area contributed by atoms with Gasteiger partial charge in [-0.3, -0.25) is 0 Å². The molecule has 22 heavy (non-hydrogen) atoms. The lowest BCUT2D eigenvalue weighted by Crippen LogP contribution is -2.25. The van der Waals surface area contributed by atoms with E-state index in [-0.39, 0.29) is 5.56 Å². The van der Waals surface area contributed by atoms with E-state index in [1.165, 1.54) is 18.3 Å². The summed E-state index contributed by atoms with van der Waals surface area (Å²) in [4.78, 5) is 11.8. The maximum Gasteiger partial charge on any atom is 0.339 e. The van der Waals surface area contributed by atoms with Crippen molar-refractivity contribution in [3.63, 3.8) is 0 Å². The first-order valence-electron chi connectivity index (χ1n) is 6.68. The van der Waals surface area contributed by atoms with Gasteiger partial charge in [0.2, 0.25) is 0 Å². The van der Waals surface area contributed by atoms with Gasteiger partial charge in [-0.05, 0) is 43.2 Å². The lowest BCUT2D eigenvalue weighted by Gasteiger charge is -2.10. The number of nitrogens with one attached hydrogen (secondary N) is 2. The number of carbonyl (C=O) groups excluding carboxylic acids is 1. The average molecular weight is 300 g/mol. The van der Waals surface area contributed by atoms with Gasteiger partial charge in [-0.15, -0.1) is 0 Å². The zero-order valence-corrected chi connectivity index (χ0v) is 12.4. The Balaban J connectivity index is 1.99. The number of hydrogen-bond donors (Lipinski definition) is 3. The molecule has 0 aliphatic rings. The number of hydrogen-bond acceptors (Lipinski definition) is 3. The van der Waals surface area contributed by atoms with Crippen molar-refractivity contribution in [1.82, 2.24) is 5.43 Å². The fourth-order valence-corrected chi connectivity index (χ4v) is 1.96. The summed E-state index contributed by atoms with van der Waals surface area (Å²) in [6, 6.07) is 9.45. The van der Waals surface area contributed by atoms with Crippen LogP contribution in [-0.4, -0.2) is 12.2 Å². The van der Waals surface area contributed by atoms with Crippen molar-refractivity contribution in [2.75, 3.05) is 11.1 Å². The summed E-state index contributed by atoms with van der Waals surface area (Å²) in [6.45, 7) is 3.80. The first-order valence-corrected chi connectivity index (χ1v) is 6.68. The van der Waals surface area contributed by atoms with Crippen LogP contribution >= 0.6 is 0 Å². The molecule has 0 radical (unpaired) electrons. The maximum absolute atomic E-state index is 13.5. The summed E-state index contributed by atoms with van der Waals surface area (Å²) in [5.74, 6) is -0.499. The molecule has 6 heteroatoms. The fourth-order valence-electron chi connectivity index (χ4n) is 1.96. The number of para-hydroxylation sites is 1. The van der Waals surface area contributed by atoms with Gasteiger partial charge in [0.05, 0.1) is 6.21 Å². The third-order valence-electron chi connectivity index (χ3n) is 3.11. The van der Waals surface area contributed by atoms with Gasteiger partial charge in [-0.1, -0.05) is 18.2 Å². The van der Waals surface area contributed by atoms with Crippen LogP contribution in [0, 0.1) is 19.7 Å². The van der Waals surface area contributed by atoms with Gasteiger partial charge in [-0.2, -0.15) is 5.10 Å². The number of carbonyl (C=O) groups is 1. The van der Waals surface area contributed by atoms with E-state index in [2.05, 4.69) is 15.8 Å². The lowest BCUT2D eigenvalue weighted by atomic mass is 10.1. The van der Waals surface area contributed by atoms with E-state index in [1.807, 2.05) is 32.0 Å². The number of nitrogen functional groups attached to an aromatic ring is 1. The highest BCUT2D eigenvalue weighted by molar-refractivity contribution is 5.92. The van der Waals surface area contributed by atoms with E-state index in [9.17, 15) is 9.18 Å². The second-order valence-electron chi connectivity index (χ2n) is 4.87. The number of aryl methyl sites for hydroxylation is 2. The lowest BCUT2D eigenvalue weighted by molar-refractivity contribution is 0.252. The number of halogens is 1. The highest BCUT2D eigenvalue weighted by Gasteiger charge is 2.06. The third kappa shape index (κ3) is 3.82. The van der Waals surface area contributed by atoms with Crippen molar-refractivity contribution < 1.29 is 9.18 Å². The smallest absolute Gasteiger partial charge is 0.339 e. The summed E-state index contributed by atoms with van der Waals surface area (Å²) in [6.07, 6.45) is 1.22. The van der Waals surface area contributed by atoms with Crippen molar-refractivity contribution in [3.8, 4) is 0 Å². The van der Waals surface area contributed by atoms with E-state index >= 15 is 0 Å². The maximum atomic E-state index is 13.5. The highest BCUT2D eigenvalue weighted by Crippen LogP contribution is 2.19. The van der Waals surface area contributed by atoms with Crippen LogP contribution in [0.4, 0.5) is 20.6 Å². The van der Waals surface area contributed by atoms with Crippen LogP contribution in [-0.2, 0) is 0 Å². The van der Waals surface area contributed by atoms with E-state index in [0.717, 1.165) is 16.8 Å². The minimum atomic E-state index is -0.499. The largest absolute Gasteiger partial charge is 0.399 e. The molecule has 2 amide bonds. The van der Waals surface area contributed by atoms with Crippen LogP contribution in [0.15, 0.2) is 41.5 Å². The predicted octanol–water partition coefficient (Wildman–Crippen LogP) is 3.18. The van der Waals surface area contributed by atoms with Crippen LogP contribution < -0.4 is 16.5 Å². The highest BCUT2D eigenvalue weighted by atomic mass is 19.1. The molecule has 0 bridgehead atoms. The van der Waals surface area contributed by atoms with Gasteiger partial charge < -0.3 is 11.1 Å². The Kier molecular flexibility index (Phi) is 4.73.